The minimum atomic E-state index is -1.67. The minimum Gasteiger partial charge on any atom is -0.153 e. The van der Waals surface area contributed by atoms with Gasteiger partial charge >= 0.3 is 0 Å². The van der Waals surface area contributed by atoms with Gasteiger partial charge in [-0.2, -0.15) is 9.90 Å². The summed E-state index contributed by atoms with van der Waals surface area (Å²) in [7, 11) is -1.67. The van der Waals surface area contributed by atoms with Gasteiger partial charge in [-0.15, -0.1) is 0 Å². The van der Waals surface area contributed by atoms with E-state index in [1.807, 2.05) is 0 Å². The molecule has 3 rings (SSSR count). The van der Waals surface area contributed by atoms with Crippen LogP contribution in [0.3, 0.4) is 0 Å². The number of hydrogen-bond acceptors (Lipinski definition) is 0. The van der Waals surface area contributed by atoms with Crippen molar-refractivity contribution < 1.29 is 22.4 Å². The average Bonchev–Trinajstić information content (AvgIpc) is 2.62. The van der Waals surface area contributed by atoms with Crippen LogP contribution in [0, 0.1) is 0 Å². The number of benzene rings is 3. The normalized spacial score (nSPS) is 10.2. The molecule has 0 amide bonds. The fraction of sp³-hybridized carbons (Fsp3) is 0.0476. The van der Waals surface area contributed by atoms with Crippen LogP contribution < -0.4 is 15.9 Å². The topological polar surface area (TPSA) is 0 Å². The summed E-state index contributed by atoms with van der Waals surface area (Å²) in [6.07, 6.45) is 3.05. The Labute approximate surface area is 164 Å². The Morgan fingerprint density at radius 3 is 1.17 bits per heavy atom. The molecule has 3 heteroatoms. The van der Waals surface area contributed by atoms with E-state index >= 15 is 0 Å². The Hall–Kier alpha value is -1.000. The molecule has 0 heterocycles. The zero-order valence-electron chi connectivity index (χ0n) is 13.6. The van der Waals surface area contributed by atoms with Crippen LogP contribution in [0.25, 0.3) is 0 Å². The molecule has 0 aliphatic carbocycles. The maximum absolute atomic E-state index is 4.05. The second-order valence-corrected chi connectivity index (χ2v) is 8.82. The smallest absolute Gasteiger partial charge is 0.115 e. The average molecular weight is 445 g/mol. The Balaban J connectivity index is 0.00000144. The zero-order chi connectivity index (χ0) is 15.3. The Kier molecular flexibility index (Phi) is 8.85. The summed E-state index contributed by atoms with van der Waals surface area (Å²) in [5.41, 5.74) is 0. The molecule has 0 saturated heterocycles. The van der Waals surface area contributed by atoms with Crippen LogP contribution in [0.15, 0.2) is 104 Å². The van der Waals surface area contributed by atoms with Crippen molar-refractivity contribution in [3.8, 4) is 0 Å². The third kappa shape index (κ3) is 4.15. The van der Waals surface area contributed by atoms with Crippen LogP contribution in [-0.4, -0.2) is 6.16 Å². The van der Waals surface area contributed by atoms with Gasteiger partial charge in [-0.25, -0.2) is 0 Å². The van der Waals surface area contributed by atoms with E-state index in [0.717, 1.165) is 6.16 Å². The molecule has 24 heavy (non-hydrogen) atoms. The van der Waals surface area contributed by atoms with Crippen LogP contribution in [0.1, 0.15) is 0 Å². The Morgan fingerprint density at radius 2 is 0.917 bits per heavy atom. The third-order valence-electron chi connectivity index (χ3n) is 3.99. The maximum atomic E-state index is 4.05. The van der Waals surface area contributed by atoms with Crippen molar-refractivity contribution in [1.82, 2.24) is 0 Å². The van der Waals surface area contributed by atoms with Crippen molar-refractivity contribution in [3.63, 3.8) is 0 Å². The first kappa shape index (κ1) is 21.0. The van der Waals surface area contributed by atoms with Crippen LogP contribution in [0.5, 0.6) is 0 Å². The summed E-state index contributed by atoms with van der Waals surface area (Å²) in [5.74, 6) is 0. The first-order valence-corrected chi connectivity index (χ1v) is 9.51. The van der Waals surface area contributed by atoms with E-state index in [2.05, 4.69) is 104 Å². The van der Waals surface area contributed by atoms with E-state index in [-0.39, 0.29) is 32.3 Å². The zero-order valence-corrected chi connectivity index (χ0v) is 17.4. The second-order valence-electron chi connectivity index (χ2n) is 5.29. The number of hydrogen-bond donors (Lipinski definition) is 0. The fourth-order valence-corrected chi connectivity index (χ4v) is 6.96. The van der Waals surface area contributed by atoms with E-state index in [9.17, 15) is 0 Å². The van der Waals surface area contributed by atoms with E-state index < -0.39 is 7.26 Å². The molecule has 1 unspecified atom stereocenters. The minimum absolute atomic E-state index is 0. The second kappa shape index (κ2) is 10.1. The van der Waals surface area contributed by atoms with Crippen LogP contribution >= 0.6 is 17.2 Å². The quantitative estimate of drug-likeness (QED) is 0.314. The summed E-state index contributed by atoms with van der Waals surface area (Å²) in [5, 5.41) is 4.23. The molecule has 0 fully saturated rings. The molecule has 0 aromatic heterocycles. The first-order chi connectivity index (χ1) is 10.9. The molecule has 1 radical (unpaired) electrons. The van der Waals surface area contributed by atoms with Gasteiger partial charge in [-0.3, -0.25) is 0 Å². The molecule has 3 aromatic rings. The van der Waals surface area contributed by atoms with Crippen molar-refractivity contribution in [1.29, 1.82) is 0 Å². The van der Waals surface area contributed by atoms with Crippen molar-refractivity contribution in [3.05, 3.63) is 104 Å². The number of allylic oxidation sites excluding steroid dienone is 1. The monoisotopic (exact) mass is 444 g/mol. The van der Waals surface area contributed by atoms with Crippen LogP contribution in [0.4, 0.5) is 0 Å². The van der Waals surface area contributed by atoms with Gasteiger partial charge in [-0.1, -0.05) is 67.3 Å². The maximum Gasteiger partial charge on any atom is 0.115 e. The van der Waals surface area contributed by atoms with Gasteiger partial charge in [-0.05, 0) is 36.4 Å². The van der Waals surface area contributed by atoms with Gasteiger partial charge in [0.25, 0.3) is 0 Å². The van der Waals surface area contributed by atoms with Gasteiger partial charge in [0.2, 0.25) is 0 Å². The standard InChI is InChI=1S/C21H20P.Ag.H3P/c1-2-18-22(19-12-6-3-7-13-19,20-14-8-4-9-15-20)21-16-10-5-11-17-21;;/h2-17H,1,18H2;;1H3/q+1;;. The molecule has 0 bridgehead atoms. The predicted molar refractivity (Wildman–Crippen MR) is 111 cm³/mol. The summed E-state index contributed by atoms with van der Waals surface area (Å²) >= 11 is 0. The van der Waals surface area contributed by atoms with E-state index in [4.69, 9.17) is 0 Å². The molecular weight excluding hydrogens is 422 g/mol. The van der Waals surface area contributed by atoms with E-state index in [1.54, 1.807) is 0 Å². The molecule has 0 saturated carbocycles. The molecule has 3 aromatic carbocycles. The predicted octanol–water partition coefficient (Wildman–Crippen LogP) is 4.22. The van der Waals surface area contributed by atoms with Crippen molar-refractivity contribution in [2.75, 3.05) is 6.16 Å². The summed E-state index contributed by atoms with van der Waals surface area (Å²) in [6, 6.07) is 32.7. The van der Waals surface area contributed by atoms with Gasteiger partial charge in [0.1, 0.15) is 23.2 Å². The molecule has 0 spiro atoms. The fourth-order valence-electron chi connectivity index (χ4n) is 3.00. The SMILES string of the molecule is C=CC[P+](c1ccccc1)(c1ccccc1)c1ccccc1.P.[Ag]. The molecule has 0 nitrogen and oxygen atoms in total. The van der Waals surface area contributed by atoms with Crippen molar-refractivity contribution in [2.24, 2.45) is 0 Å². The Morgan fingerprint density at radius 1 is 0.625 bits per heavy atom. The Bertz CT molecular complexity index is 631. The van der Waals surface area contributed by atoms with Gasteiger partial charge in [0.05, 0.1) is 6.16 Å². The first-order valence-electron chi connectivity index (χ1n) is 7.54. The summed E-state index contributed by atoms with van der Waals surface area (Å²) < 4.78 is 0. The van der Waals surface area contributed by atoms with E-state index in [1.165, 1.54) is 15.9 Å². The molecule has 0 aliphatic rings. The summed E-state index contributed by atoms with van der Waals surface area (Å²) in [6.45, 7) is 4.05. The van der Waals surface area contributed by atoms with Gasteiger partial charge < -0.3 is 0 Å². The molecule has 0 N–H and O–H groups in total. The van der Waals surface area contributed by atoms with Crippen LogP contribution in [0.2, 0.25) is 0 Å². The van der Waals surface area contributed by atoms with E-state index in [0.29, 0.717) is 0 Å². The molecule has 1 atom stereocenters. The third-order valence-corrected chi connectivity index (χ3v) is 8.34. The van der Waals surface area contributed by atoms with Crippen molar-refractivity contribution >= 4 is 33.1 Å². The van der Waals surface area contributed by atoms with Gasteiger partial charge in [0.15, 0.2) is 0 Å². The number of rotatable bonds is 5. The molecule has 127 valence electrons. The largest absolute Gasteiger partial charge is 0.153 e. The van der Waals surface area contributed by atoms with Gasteiger partial charge in [0, 0.05) is 22.4 Å². The molecular formula is C21H23AgP2+. The van der Waals surface area contributed by atoms with Crippen LogP contribution in [-0.2, 0) is 22.4 Å². The molecule has 0 aliphatic heterocycles. The summed E-state index contributed by atoms with van der Waals surface area (Å²) in [4.78, 5) is 0. The van der Waals surface area contributed by atoms with Crippen molar-refractivity contribution in [2.45, 2.75) is 0 Å².